The highest BCUT2D eigenvalue weighted by atomic mass is 79.9. The molecule has 1 aromatic heterocycles. The summed E-state index contributed by atoms with van der Waals surface area (Å²) in [7, 11) is -3.28. The van der Waals surface area contributed by atoms with Crippen LogP contribution in [0.15, 0.2) is 16.9 Å². The van der Waals surface area contributed by atoms with Crippen LogP contribution >= 0.6 is 15.9 Å². The maximum absolute atomic E-state index is 11.1. The van der Waals surface area contributed by atoms with Crippen LogP contribution in [0, 0.1) is 0 Å². The van der Waals surface area contributed by atoms with E-state index in [1.54, 1.807) is 6.92 Å². The number of sulfonamides is 1. The lowest BCUT2D eigenvalue weighted by atomic mass is 10.7. The minimum atomic E-state index is -3.28. The van der Waals surface area contributed by atoms with Crippen molar-refractivity contribution in [3.8, 4) is 0 Å². The summed E-state index contributed by atoms with van der Waals surface area (Å²) in [6.07, 6.45) is 2.95. The Labute approximate surface area is 84.8 Å². The van der Waals surface area contributed by atoms with E-state index in [4.69, 9.17) is 0 Å². The second kappa shape index (κ2) is 4.01. The van der Waals surface area contributed by atoms with Crippen LogP contribution in [-0.4, -0.2) is 24.1 Å². The molecule has 0 atom stereocenters. The number of aromatic nitrogens is 2. The van der Waals surface area contributed by atoms with Crippen LogP contribution in [0.4, 0.5) is 5.95 Å². The lowest BCUT2D eigenvalue weighted by molar-refractivity contribution is 0.602. The average molecular weight is 266 g/mol. The van der Waals surface area contributed by atoms with Gasteiger partial charge in [0.2, 0.25) is 16.0 Å². The first kappa shape index (κ1) is 10.4. The summed E-state index contributed by atoms with van der Waals surface area (Å²) in [4.78, 5) is 7.53. The summed E-state index contributed by atoms with van der Waals surface area (Å²) in [5.41, 5.74) is 0. The molecule has 0 aromatic carbocycles. The van der Waals surface area contributed by atoms with E-state index in [9.17, 15) is 8.42 Å². The van der Waals surface area contributed by atoms with Gasteiger partial charge in [-0.15, -0.1) is 0 Å². The van der Waals surface area contributed by atoms with Crippen LogP contribution < -0.4 is 4.72 Å². The molecule has 1 rings (SSSR count). The van der Waals surface area contributed by atoms with Crippen LogP contribution in [0.3, 0.4) is 0 Å². The van der Waals surface area contributed by atoms with Gasteiger partial charge in [-0.2, -0.15) is 0 Å². The largest absolute Gasteiger partial charge is 0.251 e. The molecule has 13 heavy (non-hydrogen) atoms. The zero-order valence-electron chi connectivity index (χ0n) is 6.86. The zero-order chi connectivity index (χ0) is 9.90. The maximum atomic E-state index is 11.1. The van der Waals surface area contributed by atoms with Gasteiger partial charge in [-0.3, -0.25) is 4.72 Å². The van der Waals surface area contributed by atoms with E-state index in [0.717, 1.165) is 0 Å². The molecule has 0 bridgehead atoms. The number of rotatable bonds is 3. The monoisotopic (exact) mass is 265 g/mol. The Morgan fingerprint density at radius 3 is 2.46 bits per heavy atom. The average Bonchev–Trinajstić information content (AvgIpc) is 2.09. The molecule has 0 aliphatic heterocycles. The summed E-state index contributed by atoms with van der Waals surface area (Å²) >= 11 is 3.14. The minimum Gasteiger partial charge on any atom is -0.251 e. The Balaban J connectivity index is 2.82. The molecule has 1 heterocycles. The SMILES string of the molecule is CCS(=O)(=O)Nc1ncc(Br)cn1. The Morgan fingerprint density at radius 2 is 2.00 bits per heavy atom. The first-order chi connectivity index (χ1) is 6.03. The van der Waals surface area contributed by atoms with Crippen molar-refractivity contribution in [3.05, 3.63) is 16.9 Å². The van der Waals surface area contributed by atoms with Gasteiger partial charge in [-0.25, -0.2) is 18.4 Å². The normalized spacial score (nSPS) is 11.2. The highest BCUT2D eigenvalue weighted by Gasteiger charge is 2.07. The Bertz CT molecular complexity index is 375. The Morgan fingerprint density at radius 1 is 1.46 bits per heavy atom. The van der Waals surface area contributed by atoms with E-state index < -0.39 is 10.0 Å². The van der Waals surface area contributed by atoms with Crippen LogP contribution in [0.1, 0.15) is 6.92 Å². The minimum absolute atomic E-state index is 0.00637. The Hall–Kier alpha value is -0.690. The second-order valence-electron chi connectivity index (χ2n) is 2.23. The van der Waals surface area contributed by atoms with Gasteiger partial charge in [0.1, 0.15) is 0 Å². The third kappa shape index (κ3) is 3.27. The van der Waals surface area contributed by atoms with E-state index in [-0.39, 0.29) is 11.7 Å². The number of nitrogens with one attached hydrogen (secondary N) is 1. The van der Waals surface area contributed by atoms with E-state index in [1.165, 1.54) is 12.4 Å². The van der Waals surface area contributed by atoms with Gasteiger partial charge >= 0.3 is 0 Å². The molecular formula is C6H8BrN3O2S. The molecule has 0 amide bonds. The molecule has 0 radical (unpaired) electrons. The quantitative estimate of drug-likeness (QED) is 0.885. The predicted molar refractivity (Wildman–Crippen MR) is 52.8 cm³/mol. The van der Waals surface area contributed by atoms with Gasteiger partial charge in [0, 0.05) is 12.4 Å². The summed E-state index contributed by atoms with van der Waals surface area (Å²) in [5, 5.41) is 0. The number of hydrogen-bond donors (Lipinski definition) is 1. The molecule has 0 saturated heterocycles. The lowest BCUT2D eigenvalue weighted by Gasteiger charge is -2.02. The van der Waals surface area contributed by atoms with E-state index in [1.807, 2.05) is 0 Å². The van der Waals surface area contributed by atoms with Crippen molar-refractivity contribution in [1.82, 2.24) is 9.97 Å². The van der Waals surface area contributed by atoms with E-state index >= 15 is 0 Å². The fourth-order valence-corrected chi connectivity index (χ4v) is 1.31. The van der Waals surface area contributed by atoms with Gasteiger partial charge in [-0.05, 0) is 22.9 Å². The van der Waals surface area contributed by atoms with Gasteiger partial charge in [-0.1, -0.05) is 0 Å². The third-order valence-electron chi connectivity index (χ3n) is 1.25. The number of halogens is 1. The summed E-state index contributed by atoms with van der Waals surface area (Å²) in [6, 6.07) is 0. The third-order valence-corrected chi connectivity index (χ3v) is 2.91. The smallest absolute Gasteiger partial charge is 0.236 e. The number of nitrogens with zero attached hydrogens (tertiary/aromatic N) is 2. The topological polar surface area (TPSA) is 72.0 Å². The highest BCUT2D eigenvalue weighted by molar-refractivity contribution is 9.10. The van der Waals surface area contributed by atoms with Crippen LogP contribution in [-0.2, 0) is 10.0 Å². The standard InChI is InChI=1S/C6H8BrN3O2S/c1-2-13(11,12)10-6-8-3-5(7)4-9-6/h3-4H,2H2,1H3,(H,8,9,10). The van der Waals surface area contributed by atoms with Crippen LogP contribution in [0.25, 0.3) is 0 Å². The van der Waals surface area contributed by atoms with Crippen LogP contribution in [0.2, 0.25) is 0 Å². The summed E-state index contributed by atoms with van der Waals surface area (Å²) in [6.45, 7) is 1.54. The van der Waals surface area contributed by atoms with Gasteiger partial charge in [0.15, 0.2) is 0 Å². The molecule has 0 fully saturated rings. The molecule has 72 valence electrons. The van der Waals surface area contributed by atoms with Crippen molar-refractivity contribution in [2.45, 2.75) is 6.92 Å². The van der Waals surface area contributed by atoms with Gasteiger partial charge in [0.05, 0.1) is 10.2 Å². The first-order valence-corrected chi connectivity index (χ1v) is 5.96. The molecule has 1 N–H and O–H groups in total. The van der Waals surface area contributed by atoms with Crippen molar-refractivity contribution in [1.29, 1.82) is 0 Å². The molecular weight excluding hydrogens is 258 g/mol. The summed E-state index contributed by atoms with van der Waals surface area (Å²) < 4.78 is 25.0. The lowest BCUT2D eigenvalue weighted by Crippen LogP contribution is -2.16. The first-order valence-electron chi connectivity index (χ1n) is 3.51. The van der Waals surface area contributed by atoms with Crippen molar-refractivity contribution in [3.63, 3.8) is 0 Å². The molecule has 0 saturated carbocycles. The van der Waals surface area contributed by atoms with Crippen LogP contribution in [0.5, 0.6) is 0 Å². The van der Waals surface area contributed by atoms with Gasteiger partial charge < -0.3 is 0 Å². The predicted octanol–water partition coefficient (Wildman–Crippen LogP) is 1.00. The van der Waals surface area contributed by atoms with Crippen molar-refractivity contribution in [2.24, 2.45) is 0 Å². The summed E-state index contributed by atoms with van der Waals surface area (Å²) in [5.74, 6) is 0.0944. The van der Waals surface area contributed by atoms with Crippen molar-refractivity contribution >= 4 is 31.9 Å². The molecule has 7 heteroatoms. The maximum Gasteiger partial charge on any atom is 0.236 e. The number of anilines is 1. The molecule has 0 unspecified atom stereocenters. The Kier molecular flexibility index (Phi) is 3.21. The molecule has 0 aliphatic carbocycles. The fourth-order valence-electron chi connectivity index (χ4n) is 0.576. The zero-order valence-corrected chi connectivity index (χ0v) is 9.26. The van der Waals surface area contributed by atoms with Gasteiger partial charge in [0.25, 0.3) is 0 Å². The molecule has 0 aliphatic rings. The second-order valence-corrected chi connectivity index (χ2v) is 5.16. The van der Waals surface area contributed by atoms with E-state index in [0.29, 0.717) is 4.47 Å². The van der Waals surface area contributed by atoms with Crippen molar-refractivity contribution < 1.29 is 8.42 Å². The van der Waals surface area contributed by atoms with E-state index in [2.05, 4.69) is 30.6 Å². The van der Waals surface area contributed by atoms with Crippen molar-refractivity contribution in [2.75, 3.05) is 10.5 Å². The molecule has 1 aromatic rings. The molecule has 5 nitrogen and oxygen atoms in total. The fraction of sp³-hybridized carbons (Fsp3) is 0.333. The molecule has 0 spiro atoms. The number of hydrogen-bond acceptors (Lipinski definition) is 4. The highest BCUT2D eigenvalue weighted by Crippen LogP contribution is 2.07.